The van der Waals surface area contributed by atoms with Crippen LogP contribution in [-0.4, -0.2) is 36.2 Å². The summed E-state index contributed by atoms with van der Waals surface area (Å²) >= 11 is 0. The van der Waals surface area contributed by atoms with Crippen molar-refractivity contribution < 1.29 is 23.0 Å². The number of anilines is 1. The summed E-state index contributed by atoms with van der Waals surface area (Å²) in [7, 11) is 0. The van der Waals surface area contributed by atoms with Gasteiger partial charge in [0.05, 0.1) is 23.9 Å². The summed E-state index contributed by atoms with van der Waals surface area (Å²) in [5.74, 6) is -0.0144. The molecule has 0 radical (unpaired) electrons. The number of ether oxygens (including phenoxy) is 1. The Kier molecular flexibility index (Phi) is 6.97. The average Bonchev–Trinajstić information content (AvgIpc) is 3.30. The molecule has 1 aromatic carbocycles. The molecule has 0 aliphatic rings. The summed E-state index contributed by atoms with van der Waals surface area (Å²) in [5.41, 5.74) is 7.32. The summed E-state index contributed by atoms with van der Waals surface area (Å²) in [6.07, 6.45) is 0.486. The van der Waals surface area contributed by atoms with Crippen molar-refractivity contribution in [2.24, 2.45) is 0 Å². The SMILES string of the molecule is Cc1cc(-c2c(OCc3nccn3[C@H](C)CO)nc(N)nc2-c2ccc(F)cc2)cc(C(F)F)n1. The number of halogens is 3. The van der Waals surface area contributed by atoms with Crippen molar-refractivity contribution in [3.05, 3.63) is 71.8 Å². The van der Waals surface area contributed by atoms with E-state index in [1.165, 1.54) is 30.3 Å². The quantitative estimate of drug-likeness (QED) is 0.379. The van der Waals surface area contributed by atoms with Gasteiger partial charge in [0, 0.05) is 23.7 Å². The Morgan fingerprint density at radius 3 is 2.51 bits per heavy atom. The molecule has 3 heterocycles. The zero-order valence-corrected chi connectivity index (χ0v) is 19.0. The number of nitrogens with zero attached hydrogens (tertiary/aromatic N) is 5. The van der Waals surface area contributed by atoms with E-state index in [0.717, 1.165) is 0 Å². The summed E-state index contributed by atoms with van der Waals surface area (Å²) in [4.78, 5) is 16.7. The van der Waals surface area contributed by atoms with E-state index in [0.29, 0.717) is 28.2 Å². The minimum atomic E-state index is -2.80. The van der Waals surface area contributed by atoms with Crippen molar-refractivity contribution >= 4 is 5.95 Å². The Morgan fingerprint density at radius 1 is 1.09 bits per heavy atom. The summed E-state index contributed by atoms with van der Waals surface area (Å²) in [6.45, 7) is 3.27. The second-order valence-electron chi connectivity index (χ2n) is 7.91. The van der Waals surface area contributed by atoms with Crippen LogP contribution in [0.4, 0.5) is 19.1 Å². The topological polar surface area (TPSA) is 112 Å². The lowest BCUT2D eigenvalue weighted by atomic mass is 9.99. The summed E-state index contributed by atoms with van der Waals surface area (Å²) < 4.78 is 48.4. The molecule has 8 nitrogen and oxygen atoms in total. The van der Waals surface area contributed by atoms with E-state index in [2.05, 4.69) is 19.9 Å². The number of pyridine rings is 1. The third-order valence-electron chi connectivity index (χ3n) is 5.32. The van der Waals surface area contributed by atoms with Gasteiger partial charge in [-0.3, -0.25) is 4.98 Å². The molecule has 0 bridgehead atoms. The fourth-order valence-electron chi connectivity index (χ4n) is 3.67. The minimum Gasteiger partial charge on any atom is -0.469 e. The van der Waals surface area contributed by atoms with Crippen LogP contribution < -0.4 is 10.5 Å². The molecule has 0 saturated heterocycles. The van der Waals surface area contributed by atoms with E-state index in [1.54, 1.807) is 30.0 Å². The third-order valence-corrected chi connectivity index (χ3v) is 5.32. The molecule has 3 aromatic heterocycles. The van der Waals surface area contributed by atoms with Gasteiger partial charge in [0.15, 0.2) is 0 Å². The number of hydrogen-bond donors (Lipinski definition) is 2. The molecule has 35 heavy (non-hydrogen) atoms. The van der Waals surface area contributed by atoms with Crippen molar-refractivity contribution in [2.45, 2.75) is 32.9 Å². The maximum Gasteiger partial charge on any atom is 0.280 e. The molecule has 0 fully saturated rings. The maximum atomic E-state index is 13.6. The maximum absolute atomic E-state index is 13.6. The van der Waals surface area contributed by atoms with Crippen LogP contribution in [0.5, 0.6) is 5.88 Å². The lowest BCUT2D eigenvalue weighted by molar-refractivity contribution is 0.146. The zero-order chi connectivity index (χ0) is 25.1. The molecule has 0 unspecified atom stereocenters. The summed E-state index contributed by atoms with van der Waals surface area (Å²) in [5, 5.41) is 9.50. The Morgan fingerprint density at radius 2 is 1.83 bits per heavy atom. The van der Waals surface area contributed by atoms with E-state index >= 15 is 0 Å². The predicted molar refractivity (Wildman–Crippen MR) is 123 cm³/mol. The molecule has 0 saturated carbocycles. The number of imidazole rings is 1. The van der Waals surface area contributed by atoms with Crippen LogP contribution in [0.25, 0.3) is 22.4 Å². The number of alkyl halides is 2. The molecule has 4 aromatic rings. The third kappa shape index (κ3) is 5.24. The second-order valence-corrected chi connectivity index (χ2v) is 7.91. The second kappa shape index (κ2) is 10.1. The van der Waals surface area contributed by atoms with Gasteiger partial charge in [-0.2, -0.15) is 4.98 Å². The monoisotopic (exact) mass is 484 g/mol. The molecule has 0 amide bonds. The molecule has 0 aliphatic heterocycles. The first kappa shape index (κ1) is 24.1. The smallest absolute Gasteiger partial charge is 0.280 e. The number of nitrogens with two attached hydrogens (primary N) is 1. The molecule has 11 heteroatoms. The molecule has 4 rings (SSSR count). The van der Waals surface area contributed by atoms with Crippen molar-refractivity contribution in [1.82, 2.24) is 24.5 Å². The first-order valence-corrected chi connectivity index (χ1v) is 10.7. The standard InChI is InChI=1S/C24H23F3N6O2/c1-13-9-16(10-18(30-13)22(26)27)20-21(15-3-5-17(25)6-4-15)31-24(28)32-23(20)35-12-19-29-7-8-33(19)14(2)11-34/h3-10,14,22,34H,11-12H2,1-2H3,(H2,28,31,32)/t14-/m1/s1. The van der Waals surface area contributed by atoms with Crippen LogP contribution >= 0.6 is 0 Å². The first-order chi connectivity index (χ1) is 16.8. The highest BCUT2D eigenvalue weighted by atomic mass is 19.3. The number of aromatic nitrogens is 5. The minimum absolute atomic E-state index is 0.0360. The number of benzene rings is 1. The number of aliphatic hydroxyl groups is 1. The number of aryl methyl sites for hydroxylation is 1. The number of rotatable bonds is 8. The molecular weight excluding hydrogens is 461 g/mol. The van der Waals surface area contributed by atoms with Gasteiger partial charge >= 0.3 is 0 Å². The molecule has 0 spiro atoms. The highest BCUT2D eigenvalue weighted by Crippen LogP contribution is 2.39. The van der Waals surface area contributed by atoms with E-state index in [9.17, 15) is 18.3 Å². The van der Waals surface area contributed by atoms with Gasteiger partial charge in [0.25, 0.3) is 6.43 Å². The van der Waals surface area contributed by atoms with E-state index < -0.39 is 17.9 Å². The van der Waals surface area contributed by atoms with Crippen LogP contribution in [0.3, 0.4) is 0 Å². The van der Waals surface area contributed by atoms with Crippen molar-refractivity contribution in [3.63, 3.8) is 0 Å². The first-order valence-electron chi connectivity index (χ1n) is 10.7. The van der Waals surface area contributed by atoms with Gasteiger partial charge in [0.1, 0.15) is 23.9 Å². The van der Waals surface area contributed by atoms with Crippen LogP contribution in [0.2, 0.25) is 0 Å². The Hall–Kier alpha value is -3.99. The highest BCUT2D eigenvalue weighted by molar-refractivity contribution is 5.85. The fraction of sp³-hybridized carbons (Fsp3) is 0.250. The van der Waals surface area contributed by atoms with Crippen LogP contribution in [-0.2, 0) is 6.61 Å². The van der Waals surface area contributed by atoms with Crippen LogP contribution in [0, 0.1) is 12.7 Å². The van der Waals surface area contributed by atoms with E-state index in [1.807, 2.05) is 6.92 Å². The van der Waals surface area contributed by atoms with Crippen LogP contribution in [0.1, 0.15) is 36.6 Å². The number of aliphatic hydroxyl groups excluding tert-OH is 1. The van der Waals surface area contributed by atoms with E-state index in [-0.39, 0.29) is 36.8 Å². The normalized spacial score (nSPS) is 12.2. The molecule has 0 aliphatic carbocycles. The lowest BCUT2D eigenvalue weighted by Crippen LogP contribution is -2.14. The molecule has 182 valence electrons. The number of hydrogen-bond acceptors (Lipinski definition) is 7. The van der Waals surface area contributed by atoms with Gasteiger partial charge in [-0.25, -0.2) is 23.1 Å². The largest absolute Gasteiger partial charge is 0.469 e. The zero-order valence-electron chi connectivity index (χ0n) is 19.0. The number of nitrogen functional groups attached to an aromatic ring is 1. The molecule has 1 atom stereocenters. The van der Waals surface area contributed by atoms with Crippen molar-refractivity contribution in [3.8, 4) is 28.3 Å². The predicted octanol–water partition coefficient (Wildman–Crippen LogP) is 4.50. The van der Waals surface area contributed by atoms with Crippen LogP contribution in [0.15, 0.2) is 48.8 Å². The van der Waals surface area contributed by atoms with Crippen molar-refractivity contribution in [2.75, 3.05) is 12.3 Å². The Labute approximate surface area is 199 Å². The van der Waals surface area contributed by atoms with Gasteiger partial charge in [-0.1, -0.05) is 0 Å². The lowest BCUT2D eigenvalue weighted by Gasteiger charge is -2.18. The Bertz CT molecular complexity index is 1330. The average molecular weight is 484 g/mol. The van der Waals surface area contributed by atoms with Gasteiger partial charge in [0.2, 0.25) is 11.8 Å². The van der Waals surface area contributed by atoms with Gasteiger partial charge < -0.3 is 20.1 Å². The fourth-order valence-corrected chi connectivity index (χ4v) is 3.67. The van der Waals surface area contributed by atoms with E-state index in [4.69, 9.17) is 10.5 Å². The Balaban J connectivity index is 1.87. The van der Waals surface area contributed by atoms with Gasteiger partial charge in [-0.05, 0) is 55.8 Å². The molecule has 3 N–H and O–H groups in total. The summed E-state index contributed by atoms with van der Waals surface area (Å²) in [6, 6.07) is 8.12. The highest BCUT2D eigenvalue weighted by Gasteiger charge is 2.22. The van der Waals surface area contributed by atoms with Crippen molar-refractivity contribution in [1.29, 1.82) is 0 Å². The van der Waals surface area contributed by atoms with Gasteiger partial charge in [-0.15, -0.1) is 0 Å². The molecular formula is C24H23F3N6O2.